The third-order valence-corrected chi connectivity index (χ3v) is 3.37. The third-order valence-electron chi connectivity index (χ3n) is 3.37. The van der Waals surface area contributed by atoms with E-state index in [0.717, 1.165) is 32.2 Å². The van der Waals surface area contributed by atoms with E-state index in [1.165, 1.54) is 0 Å². The third kappa shape index (κ3) is 2.54. The first-order valence-corrected chi connectivity index (χ1v) is 6.27. The van der Waals surface area contributed by atoms with Crippen molar-refractivity contribution in [3.05, 3.63) is 23.5 Å². The molecule has 1 aromatic rings. The SMILES string of the molecule is N#Cc1ccc(C(=O)N2CCCC2CCCO)[nH]1. The molecular weight excluding hydrogens is 230 g/mol. The van der Waals surface area contributed by atoms with E-state index in [4.69, 9.17) is 10.4 Å². The molecule has 0 aliphatic carbocycles. The smallest absolute Gasteiger partial charge is 0.270 e. The molecule has 1 unspecified atom stereocenters. The van der Waals surface area contributed by atoms with Gasteiger partial charge in [0.25, 0.3) is 5.91 Å². The summed E-state index contributed by atoms with van der Waals surface area (Å²) in [6, 6.07) is 5.47. The summed E-state index contributed by atoms with van der Waals surface area (Å²) in [6.45, 7) is 0.926. The lowest BCUT2D eigenvalue weighted by Crippen LogP contribution is -2.35. The fourth-order valence-electron chi connectivity index (χ4n) is 2.47. The Bertz CT molecular complexity index is 461. The van der Waals surface area contributed by atoms with Gasteiger partial charge in [-0.05, 0) is 37.8 Å². The Kier molecular flexibility index (Phi) is 4.00. The molecule has 18 heavy (non-hydrogen) atoms. The van der Waals surface area contributed by atoms with Crippen molar-refractivity contribution in [2.24, 2.45) is 0 Å². The minimum Gasteiger partial charge on any atom is -0.396 e. The summed E-state index contributed by atoms with van der Waals surface area (Å²) in [5.41, 5.74) is 0.881. The number of H-pyrrole nitrogens is 1. The van der Waals surface area contributed by atoms with Gasteiger partial charge in [0.2, 0.25) is 0 Å². The highest BCUT2D eigenvalue weighted by Crippen LogP contribution is 2.23. The van der Waals surface area contributed by atoms with Crippen LogP contribution in [0.3, 0.4) is 0 Å². The summed E-state index contributed by atoms with van der Waals surface area (Å²) in [5, 5.41) is 17.6. The van der Waals surface area contributed by atoms with Crippen LogP contribution >= 0.6 is 0 Å². The summed E-state index contributed by atoms with van der Waals surface area (Å²) in [5.74, 6) is -0.0445. The number of likely N-dealkylation sites (tertiary alicyclic amines) is 1. The first-order chi connectivity index (χ1) is 8.76. The van der Waals surface area contributed by atoms with Crippen LogP contribution in [0.4, 0.5) is 0 Å². The Morgan fingerprint density at radius 3 is 3.11 bits per heavy atom. The van der Waals surface area contributed by atoms with Crippen LogP contribution in [-0.2, 0) is 0 Å². The van der Waals surface area contributed by atoms with E-state index in [9.17, 15) is 4.79 Å². The van der Waals surface area contributed by atoms with E-state index in [1.54, 1.807) is 12.1 Å². The Hall–Kier alpha value is -1.80. The summed E-state index contributed by atoms with van der Waals surface area (Å²) in [4.78, 5) is 16.9. The lowest BCUT2D eigenvalue weighted by Gasteiger charge is -2.24. The molecule has 1 saturated heterocycles. The number of amides is 1. The zero-order valence-electron chi connectivity index (χ0n) is 10.2. The molecular formula is C13H17N3O2. The van der Waals surface area contributed by atoms with Crippen molar-refractivity contribution in [1.29, 1.82) is 5.26 Å². The molecule has 2 heterocycles. The maximum atomic E-state index is 12.3. The van der Waals surface area contributed by atoms with Crippen LogP contribution in [0.1, 0.15) is 41.9 Å². The molecule has 0 bridgehead atoms. The summed E-state index contributed by atoms with van der Waals surface area (Å²) < 4.78 is 0. The molecule has 1 aromatic heterocycles. The molecule has 0 saturated carbocycles. The van der Waals surface area contributed by atoms with Crippen LogP contribution in [0.5, 0.6) is 0 Å². The van der Waals surface area contributed by atoms with E-state index < -0.39 is 0 Å². The average Bonchev–Trinajstić information content (AvgIpc) is 3.04. The zero-order chi connectivity index (χ0) is 13.0. The van der Waals surface area contributed by atoms with Crippen LogP contribution in [0, 0.1) is 11.3 Å². The number of rotatable bonds is 4. The Labute approximate surface area is 106 Å². The number of aliphatic hydroxyl groups is 1. The highest BCUT2D eigenvalue weighted by Gasteiger charge is 2.29. The predicted octanol–water partition coefficient (Wildman–Crippen LogP) is 1.26. The van der Waals surface area contributed by atoms with E-state index in [-0.39, 0.29) is 18.6 Å². The van der Waals surface area contributed by atoms with Crippen molar-refractivity contribution in [1.82, 2.24) is 9.88 Å². The van der Waals surface area contributed by atoms with Crippen molar-refractivity contribution in [3.8, 4) is 6.07 Å². The second kappa shape index (κ2) is 5.69. The summed E-state index contributed by atoms with van der Waals surface area (Å²) in [6.07, 6.45) is 3.57. The number of aromatic nitrogens is 1. The van der Waals surface area contributed by atoms with Gasteiger partial charge in [-0.2, -0.15) is 5.26 Å². The quantitative estimate of drug-likeness (QED) is 0.840. The number of nitrogens with one attached hydrogen (secondary N) is 1. The number of carbonyl (C=O) groups excluding carboxylic acids is 1. The van der Waals surface area contributed by atoms with Crippen molar-refractivity contribution in [3.63, 3.8) is 0 Å². The largest absolute Gasteiger partial charge is 0.396 e. The molecule has 2 N–H and O–H groups in total. The molecule has 1 aliphatic rings. The average molecular weight is 247 g/mol. The van der Waals surface area contributed by atoms with Gasteiger partial charge in [0.1, 0.15) is 17.5 Å². The highest BCUT2D eigenvalue weighted by atomic mass is 16.3. The van der Waals surface area contributed by atoms with Crippen LogP contribution in [0.2, 0.25) is 0 Å². The fourth-order valence-corrected chi connectivity index (χ4v) is 2.47. The van der Waals surface area contributed by atoms with E-state index in [1.807, 2.05) is 11.0 Å². The fraction of sp³-hybridized carbons (Fsp3) is 0.538. The van der Waals surface area contributed by atoms with Gasteiger partial charge in [0.05, 0.1) is 0 Å². The van der Waals surface area contributed by atoms with E-state index >= 15 is 0 Å². The molecule has 0 spiro atoms. The molecule has 0 aromatic carbocycles. The van der Waals surface area contributed by atoms with Crippen LogP contribution < -0.4 is 0 Å². The number of aliphatic hydroxyl groups excluding tert-OH is 1. The van der Waals surface area contributed by atoms with Crippen molar-refractivity contribution < 1.29 is 9.90 Å². The molecule has 1 fully saturated rings. The van der Waals surface area contributed by atoms with E-state index in [0.29, 0.717) is 11.4 Å². The van der Waals surface area contributed by atoms with Crippen LogP contribution in [-0.4, -0.2) is 40.1 Å². The molecule has 0 radical (unpaired) electrons. The van der Waals surface area contributed by atoms with Crippen molar-refractivity contribution >= 4 is 5.91 Å². The molecule has 5 heteroatoms. The van der Waals surface area contributed by atoms with Gasteiger partial charge in [-0.25, -0.2) is 0 Å². The minimum absolute atomic E-state index is 0.0445. The van der Waals surface area contributed by atoms with Gasteiger partial charge in [0.15, 0.2) is 0 Å². The molecule has 5 nitrogen and oxygen atoms in total. The Balaban J connectivity index is 2.05. The van der Waals surface area contributed by atoms with Crippen molar-refractivity contribution in [2.75, 3.05) is 13.2 Å². The van der Waals surface area contributed by atoms with Gasteiger partial charge in [-0.3, -0.25) is 4.79 Å². The number of nitriles is 1. The van der Waals surface area contributed by atoms with Gasteiger partial charge in [-0.1, -0.05) is 0 Å². The second-order valence-corrected chi connectivity index (χ2v) is 4.56. The lowest BCUT2D eigenvalue weighted by atomic mass is 10.1. The molecule has 96 valence electrons. The first kappa shape index (κ1) is 12.7. The number of hydrogen-bond acceptors (Lipinski definition) is 3. The lowest BCUT2D eigenvalue weighted by molar-refractivity contribution is 0.0719. The van der Waals surface area contributed by atoms with Gasteiger partial charge < -0.3 is 15.0 Å². The highest BCUT2D eigenvalue weighted by molar-refractivity contribution is 5.93. The number of carbonyl (C=O) groups is 1. The van der Waals surface area contributed by atoms with Gasteiger partial charge >= 0.3 is 0 Å². The second-order valence-electron chi connectivity index (χ2n) is 4.56. The first-order valence-electron chi connectivity index (χ1n) is 6.27. The molecule has 1 aliphatic heterocycles. The van der Waals surface area contributed by atoms with E-state index in [2.05, 4.69) is 4.98 Å². The number of aromatic amines is 1. The maximum absolute atomic E-state index is 12.3. The molecule has 2 rings (SSSR count). The maximum Gasteiger partial charge on any atom is 0.270 e. The Morgan fingerprint density at radius 2 is 2.44 bits per heavy atom. The minimum atomic E-state index is -0.0445. The monoisotopic (exact) mass is 247 g/mol. The Morgan fingerprint density at radius 1 is 1.61 bits per heavy atom. The number of hydrogen-bond donors (Lipinski definition) is 2. The standard InChI is InChI=1S/C13H17N3O2/c14-9-10-5-6-12(15-10)13(18)16-7-1-3-11(16)4-2-8-17/h5-6,11,15,17H,1-4,7-8H2. The molecule has 1 atom stereocenters. The van der Waals surface area contributed by atoms with Crippen LogP contribution in [0.15, 0.2) is 12.1 Å². The van der Waals surface area contributed by atoms with Crippen molar-refractivity contribution in [2.45, 2.75) is 31.7 Å². The number of nitrogens with zero attached hydrogens (tertiary/aromatic N) is 2. The summed E-state index contributed by atoms with van der Waals surface area (Å²) in [7, 11) is 0. The van der Waals surface area contributed by atoms with Gasteiger partial charge in [-0.15, -0.1) is 0 Å². The topological polar surface area (TPSA) is 80.1 Å². The predicted molar refractivity (Wildman–Crippen MR) is 65.9 cm³/mol. The van der Waals surface area contributed by atoms with Gasteiger partial charge in [0, 0.05) is 19.2 Å². The summed E-state index contributed by atoms with van der Waals surface area (Å²) >= 11 is 0. The zero-order valence-corrected chi connectivity index (χ0v) is 10.2. The molecule has 1 amide bonds. The van der Waals surface area contributed by atoms with Crippen LogP contribution in [0.25, 0.3) is 0 Å². The normalized spacial score (nSPS) is 18.9.